The minimum Gasteiger partial charge on any atom is -0.486 e. The highest BCUT2D eigenvalue weighted by atomic mass is 79.9. The Morgan fingerprint density at radius 2 is 1.94 bits per heavy atom. The fourth-order valence-electron chi connectivity index (χ4n) is 1.87. The zero-order chi connectivity index (χ0) is 12.5. The Morgan fingerprint density at radius 1 is 1.22 bits per heavy atom. The maximum Gasteiger partial charge on any atom is 0.162 e. The Labute approximate surface area is 123 Å². The Hall–Kier alpha value is -0.710. The highest BCUT2D eigenvalue weighted by Gasteiger charge is 2.20. The summed E-state index contributed by atoms with van der Waals surface area (Å²) >= 11 is 11.7. The largest absolute Gasteiger partial charge is 0.486 e. The summed E-state index contributed by atoms with van der Waals surface area (Å²) in [5, 5.41) is 4.84. The minimum absolute atomic E-state index is 0.0760. The van der Waals surface area contributed by atoms with Gasteiger partial charge in [-0.25, -0.2) is 0 Å². The number of halogens is 2. The zero-order valence-electron chi connectivity index (χ0n) is 9.36. The smallest absolute Gasteiger partial charge is 0.162 e. The lowest BCUT2D eigenvalue weighted by Crippen LogP contribution is -2.15. The van der Waals surface area contributed by atoms with Gasteiger partial charge < -0.3 is 9.47 Å². The van der Waals surface area contributed by atoms with Crippen LogP contribution in [0.15, 0.2) is 29.0 Å². The van der Waals surface area contributed by atoms with Gasteiger partial charge in [0.25, 0.3) is 0 Å². The number of alkyl halides is 1. The molecule has 0 saturated carbocycles. The first-order valence-electron chi connectivity index (χ1n) is 5.51. The molecule has 2 heterocycles. The van der Waals surface area contributed by atoms with E-state index in [9.17, 15) is 0 Å². The summed E-state index contributed by atoms with van der Waals surface area (Å²) in [6.07, 6.45) is 0. The number of fused-ring (bicyclic) bond motifs is 1. The molecule has 0 radical (unpaired) electrons. The standard InChI is InChI=1S/C13H10BrClO2S/c14-13(8-1-4-18-7-8)9-5-11-12(6-10(9)15)17-3-2-16-11/h1,4-7,13H,2-3H2. The fraction of sp³-hybridized carbons (Fsp3) is 0.231. The molecule has 0 aliphatic carbocycles. The van der Waals surface area contributed by atoms with Gasteiger partial charge in [0, 0.05) is 11.1 Å². The van der Waals surface area contributed by atoms with E-state index in [-0.39, 0.29) is 4.83 Å². The van der Waals surface area contributed by atoms with Crippen LogP contribution in [-0.4, -0.2) is 13.2 Å². The summed E-state index contributed by atoms with van der Waals surface area (Å²) in [4.78, 5) is 0.0760. The van der Waals surface area contributed by atoms with Crippen LogP contribution in [0.1, 0.15) is 16.0 Å². The van der Waals surface area contributed by atoms with Crippen LogP contribution in [0.5, 0.6) is 11.5 Å². The van der Waals surface area contributed by atoms with Gasteiger partial charge in [-0.2, -0.15) is 11.3 Å². The van der Waals surface area contributed by atoms with Crippen molar-refractivity contribution in [1.82, 2.24) is 0 Å². The van der Waals surface area contributed by atoms with Gasteiger partial charge in [-0.15, -0.1) is 0 Å². The van der Waals surface area contributed by atoms with Gasteiger partial charge in [0.05, 0.1) is 4.83 Å². The van der Waals surface area contributed by atoms with E-state index in [4.69, 9.17) is 21.1 Å². The molecule has 2 aromatic rings. The Balaban J connectivity index is 2.01. The maximum absolute atomic E-state index is 6.31. The molecule has 1 unspecified atom stereocenters. The SMILES string of the molecule is Clc1cc2c(cc1C(Br)c1ccsc1)OCCO2. The van der Waals surface area contributed by atoms with Crippen LogP contribution in [0.2, 0.25) is 5.02 Å². The van der Waals surface area contributed by atoms with Gasteiger partial charge in [0.1, 0.15) is 13.2 Å². The predicted octanol–water partition coefficient (Wildman–Crippen LogP) is 4.66. The summed E-state index contributed by atoms with van der Waals surface area (Å²) in [6, 6.07) is 5.86. The molecule has 0 saturated heterocycles. The van der Waals surface area contributed by atoms with Crippen LogP contribution in [0.4, 0.5) is 0 Å². The van der Waals surface area contributed by atoms with Gasteiger partial charge in [-0.05, 0) is 34.0 Å². The summed E-state index contributed by atoms with van der Waals surface area (Å²) in [6.45, 7) is 1.16. The average molecular weight is 346 g/mol. The van der Waals surface area contributed by atoms with E-state index in [1.165, 1.54) is 5.56 Å². The number of benzene rings is 1. The second-order valence-corrected chi connectivity index (χ2v) is 6.04. The highest BCUT2D eigenvalue weighted by molar-refractivity contribution is 9.09. The van der Waals surface area contributed by atoms with Crippen LogP contribution in [-0.2, 0) is 0 Å². The van der Waals surface area contributed by atoms with E-state index >= 15 is 0 Å². The Bertz CT molecular complexity index is 556. The van der Waals surface area contributed by atoms with Crippen molar-refractivity contribution in [3.8, 4) is 11.5 Å². The van der Waals surface area contributed by atoms with Crippen molar-refractivity contribution in [2.75, 3.05) is 13.2 Å². The molecule has 0 fully saturated rings. The molecule has 3 rings (SSSR count). The lowest BCUT2D eigenvalue weighted by atomic mass is 10.1. The van der Waals surface area contributed by atoms with Crippen molar-refractivity contribution < 1.29 is 9.47 Å². The molecule has 1 atom stereocenters. The molecular weight excluding hydrogens is 336 g/mol. The van der Waals surface area contributed by atoms with Crippen LogP contribution >= 0.6 is 38.9 Å². The molecule has 1 aromatic carbocycles. The Morgan fingerprint density at radius 3 is 2.61 bits per heavy atom. The topological polar surface area (TPSA) is 18.5 Å². The molecule has 18 heavy (non-hydrogen) atoms. The molecule has 0 spiro atoms. The van der Waals surface area contributed by atoms with Gasteiger partial charge in [-0.1, -0.05) is 27.5 Å². The number of rotatable bonds is 2. The third-order valence-corrected chi connectivity index (χ3v) is 4.82. The molecule has 1 aliphatic rings. The van der Waals surface area contributed by atoms with Crippen LogP contribution in [0.3, 0.4) is 0 Å². The van der Waals surface area contributed by atoms with Gasteiger partial charge in [0.15, 0.2) is 11.5 Å². The second-order valence-electron chi connectivity index (χ2n) is 3.94. The normalized spacial score (nSPS) is 15.4. The van der Waals surface area contributed by atoms with Crippen molar-refractivity contribution in [2.45, 2.75) is 4.83 Å². The fourth-order valence-corrected chi connectivity index (χ4v) is 3.79. The molecule has 94 valence electrons. The lowest BCUT2D eigenvalue weighted by molar-refractivity contribution is 0.171. The number of hydrogen-bond donors (Lipinski definition) is 0. The molecule has 0 N–H and O–H groups in total. The maximum atomic E-state index is 6.31. The predicted molar refractivity (Wildman–Crippen MR) is 77.5 cm³/mol. The zero-order valence-corrected chi connectivity index (χ0v) is 12.5. The van der Waals surface area contributed by atoms with Crippen molar-refractivity contribution in [2.24, 2.45) is 0 Å². The first-order valence-corrected chi connectivity index (χ1v) is 7.74. The minimum atomic E-state index is 0.0760. The third kappa shape index (κ3) is 2.25. The van der Waals surface area contributed by atoms with Gasteiger partial charge in [0.2, 0.25) is 0 Å². The first kappa shape index (κ1) is 12.3. The van der Waals surface area contributed by atoms with E-state index in [1.807, 2.05) is 12.1 Å². The quantitative estimate of drug-likeness (QED) is 0.737. The van der Waals surface area contributed by atoms with Gasteiger partial charge >= 0.3 is 0 Å². The Kier molecular flexibility index (Phi) is 3.50. The van der Waals surface area contributed by atoms with E-state index in [0.717, 1.165) is 17.1 Å². The van der Waals surface area contributed by atoms with Crippen molar-refractivity contribution in [3.63, 3.8) is 0 Å². The highest BCUT2D eigenvalue weighted by Crippen LogP contribution is 2.42. The average Bonchev–Trinajstić information content (AvgIpc) is 2.91. The number of ether oxygens (including phenoxy) is 2. The van der Waals surface area contributed by atoms with Gasteiger partial charge in [-0.3, -0.25) is 0 Å². The molecule has 2 nitrogen and oxygen atoms in total. The summed E-state index contributed by atoms with van der Waals surface area (Å²) in [5.41, 5.74) is 2.19. The van der Waals surface area contributed by atoms with Crippen molar-refractivity contribution in [1.29, 1.82) is 0 Å². The third-order valence-electron chi connectivity index (χ3n) is 2.77. The number of thiophene rings is 1. The van der Waals surface area contributed by atoms with E-state index in [2.05, 4.69) is 32.8 Å². The molecule has 1 aliphatic heterocycles. The van der Waals surface area contributed by atoms with Crippen LogP contribution in [0.25, 0.3) is 0 Å². The molecule has 0 bridgehead atoms. The number of hydrogen-bond acceptors (Lipinski definition) is 3. The molecule has 5 heteroatoms. The van der Waals surface area contributed by atoms with E-state index in [0.29, 0.717) is 18.2 Å². The van der Waals surface area contributed by atoms with Crippen molar-refractivity contribution in [3.05, 3.63) is 45.1 Å². The first-order chi connectivity index (χ1) is 8.75. The summed E-state index contributed by atoms with van der Waals surface area (Å²) in [7, 11) is 0. The monoisotopic (exact) mass is 344 g/mol. The van der Waals surface area contributed by atoms with E-state index < -0.39 is 0 Å². The van der Waals surface area contributed by atoms with Crippen LogP contribution < -0.4 is 9.47 Å². The van der Waals surface area contributed by atoms with Crippen LogP contribution in [0, 0.1) is 0 Å². The van der Waals surface area contributed by atoms with Crippen molar-refractivity contribution >= 4 is 38.9 Å². The summed E-state index contributed by atoms with van der Waals surface area (Å²) < 4.78 is 11.1. The molecule has 1 aromatic heterocycles. The van der Waals surface area contributed by atoms with E-state index in [1.54, 1.807) is 11.3 Å². The summed E-state index contributed by atoms with van der Waals surface area (Å²) in [5.74, 6) is 1.49. The molecular formula is C13H10BrClO2S. The second kappa shape index (κ2) is 5.11. The molecule has 0 amide bonds. The lowest BCUT2D eigenvalue weighted by Gasteiger charge is -2.21.